The molecule has 1 aromatic carbocycles. The molecule has 0 aliphatic carbocycles. The van der Waals surface area contributed by atoms with Crippen molar-refractivity contribution in [1.82, 2.24) is 4.90 Å². The number of hydrogen-bond acceptors (Lipinski definition) is 3. The Hall–Kier alpha value is -1.62. The number of ether oxygens (including phenoxy) is 1. The lowest BCUT2D eigenvalue weighted by atomic mass is 10.1. The molecule has 0 aliphatic heterocycles. The normalized spacial score (nSPS) is 12.1. The second-order valence-corrected chi connectivity index (χ2v) is 4.89. The quantitative estimate of drug-likeness (QED) is 0.835. The lowest BCUT2D eigenvalue weighted by molar-refractivity contribution is -0.131. The lowest BCUT2D eigenvalue weighted by Gasteiger charge is -2.21. The zero-order valence-corrected chi connectivity index (χ0v) is 12.4. The van der Waals surface area contributed by atoms with Gasteiger partial charge in [-0.2, -0.15) is 0 Å². The Morgan fingerprint density at radius 3 is 2.70 bits per heavy atom. The fraction of sp³-hybridized carbons (Fsp3) is 0.533. The average Bonchev–Trinajstić information content (AvgIpc) is 2.42. The molecule has 0 aliphatic rings. The van der Waals surface area contributed by atoms with Crippen molar-refractivity contribution in [3.05, 3.63) is 29.6 Å². The van der Waals surface area contributed by atoms with E-state index in [1.807, 2.05) is 13.8 Å². The van der Waals surface area contributed by atoms with Crippen LogP contribution in [0, 0.1) is 5.82 Å². The zero-order valence-electron chi connectivity index (χ0n) is 12.4. The molecule has 0 saturated carbocycles. The van der Waals surface area contributed by atoms with Crippen molar-refractivity contribution in [3.8, 4) is 5.75 Å². The molecule has 1 rings (SSSR count). The van der Waals surface area contributed by atoms with Gasteiger partial charge < -0.3 is 15.4 Å². The van der Waals surface area contributed by atoms with Crippen LogP contribution in [0.4, 0.5) is 4.39 Å². The van der Waals surface area contributed by atoms with E-state index in [0.717, 1.165) is 5.56 Å². The molecule has 1 atom stereocenters. The van der Waals surface area contributed by atoms with Crippen LogP contribution in [-0.4, -0.2) is 30.5 Å². The van der Waals surface area contributed by atoms with Gasteiger partial charge in [-0.05, 0) is 38.0 Å². The van der Waals surface area contributed by atoms with Crippen molar-refractivity contribution in [2.24, 2.45) is 5.73 Å². The topological polar surface area (TPSA) is 55.6 Å². The standard InChI is InChI=1S/C15H23FN2O2/c1-4-18(15(19)8-5-11(2)17)10-12-6-7-14(20-3)13(16)9-12/h6-7,9,11H,4-5,8,10,17H2,1-3H3. The number of nitrogens with two attached hydrogens (primary N) is 1. The number of methoxy groups -OCH3 is 1. The summed E-state index contributed by atoms with van der Waals surface area (Å²) in [6.07, 6.45) is 1.08. The summed E-state index contributed by atoms with van der Waals surface area (Å²) < 4.78 is 18.5. The fourth-order valence-electron chi connectivity index (χ4n) is 1.91. The van der Waals surface area contributed by atoms with Gasteiger partial charge in [0.25, 0.3) is 0 Å². The van der Waals surface area contributed by atoms with Crippen LogP contribution >= 0.6 is 0 Å². The summed E-state index contributed by atoms with van der Waals surface area (Å²) in [5.74, 6) is -0.162. The highest BCUT2D eigenvalue weighted by Gasteiger charge is 2.13. The van der Waals surface area contributed by atoms with E-state index in [1.165, 1.54) is 13.2 Å². The molecule has 1 unspecified atom stereocenters. The van der Waals surface area contributed by atoms with Gasteiger partial charge >= 0.3 is 0 Å². The van der Waals surface area contributed by atoms with Gasteiger partial charge in [0.1, 0.15) is 0 Å². The van der Waals surface area contributed by atoms with E-state index in [2.05, 4.69) is 0 Å². The van der Waals surface area contributed by atoms with Crippen LogP contribution in [0.15, 0.2) is 18.2 Å². The predicted octanol–water partition coefficient (Wildman–Crippen LogP) is 2.31. The highest BCUT2D eigenvalue weighted by atomic mass is 19.1. The van der Waals surface area contributed by atoms with Gasteiger partial charge in [0.05, 0.1) is 7.11 Å². The van der Waals surface area contributed by atoms with E-state index < -0.39 is 5.82 Å². The smallest absolute Gasteiger partial charge is 0.222 e. The van der Waals surface area contributed by atoms with Gasteiger partial charge in [-0.15, -0.1) is 0 Å². The maximum Gasteiger partial charge on any atom is 0.222 e. The van der Waals surface area contributed by atoms with Crippen LogP contribution in [0.1, 0.15) is 32.3 Å². The highest BCUT2D eigenvalue weighted by Crippen LogP contribution is 2.19. The van der Waals surface area contributed by atoms with Gasteiger partial charge in [0.15, 0.2) is 11.6 Å². The minimum absolute atomic E-state index is 0.0103. The van der Waals surface area contributed by atoms with Crippen LogP contribution in [-0.2, 0) is 11.3 Å². The number of hydrogen-bond donors (Lipinski definition) is 1. The molecule has 0 saturated heterocycles. The third kappa shape index (κ3) is 4.81. The SMILES string of the molecule is CCN(Cc1ccc(OC)c(F)c1)C(=O)CCC(C)N. The van der Waals surface area contributed by atoms with Gasteiger partial charge in [-0.1, -0.05) is 6.07 Å². The van der Waals surface area contributed by atoms with Crippen LogP contribution in [0.2, 0.25) is 0 Å². The van der Waals surface area contributed by atoms with E-state index in [4.69, 9.17) is 10.5 Å². The molecule has 4 nitrogen and oxygen atoms in total. The molecule has 0 heterocycles. The number of rotatable bonds is 7. The Labute approximate surface area is 119 Å². The number of nitrogens with zero attached hydrogens (tertiary/aromatic N) is 1. The first-order valence-corrected chi connectivity index (χ1v) is 6.83. The van der Waals surface area contributed by atoms with Crippen LogP contribution < -0.4 is 10.5 Å². The first-order valence-electron chi connectivity index (χ1n) is 6.83. The van der Waals surface area contributed by atoms with Crippen molar-refractivity contribution in [2.45, 2.75) is 39.3 Å². The minimum Gasteiger partial charge on any atom is -0.494 e. The number of carbonyl (C=O) groups is 1. The van der Waals surface area contributed by atoms with Crippen LogP contribution in [0.25, 0.3) is 0 Å². The molecule has 1 aromatic rings. The summed E-state index contributed by atoms with van der Waals surface area (Å²) in [5.41, 5.74) is 6.40. The van der Waals surface area contributed by atoms with Crippen molar-refractivity contribution in [1.29, 1.82) is 0 Å². The van der Waals surface area contributed by atoms with Crippen molar-refractivity contribution in [2.75, 3.05) is 13.7 Å². The number of amides is 1. The number of halogens is 1. The molecule has 20 heavy (non-hydrogen) atoms. The molecular weight excluding hydrogens is 259 g/mol. The van der Waals surface area contributed by atoms with Crippen LogP contribution in [0.5, 0.6) is 5.75 Å². The molecule has 0 bridgehead atoms. The second kappa shape index (κ2) is 7.85. The summed E-state index contributed by atoms with van der Waals surface area (Å²) in [6.45, 7) is 4.77. The first-order chi connectivity index (χ1) is 9.47. The first kappa shape index (κ1) is 16.4. The van der Waals surface area contributed by atoms with Gasteiger partial charge in [0.2, 0.25) is 5.91 Å². The Balaban J connectivity index is 2.68. The summed E-state index contributed by atoms with van der Waals surface area (Å²) in [5, 5.41) is 0. The Bertz CT molecular complexity index is 449. The monoisotopic (exact) mass is 282 g/mol. The Morgan fingerprint density at radius 1 is 1.50 bits per heavy atom. The molecule has 2 N–H and O–H groups in total. The maximum atomic E-state index is 13.6. The maximum absolute atomic E-state index is 13.6. The van der Waals surface area contributed by atoms with Crippen molar-refractivity contribution >= 4 is 5.91 Å². The number of benzene rings is 1. The molecule has 112 valence electrons. The minimum atomic E-state index is -0.413. The fourth-order valence-corrected chi connectivity index (χ4v) is 1.91. The van der Waals surface area contributed by atoms with Gasteiger partial charge in [-0.25, -0.2) is 4.39 Å². The van der Waals surface area contributed by atoms with Gasteiger partial charge in [0, 0.05) is 25.6 Å². The van der Waals surface area contributed by atoms with Crippen LogP contribution in [0.3, 0.4) is 0 Å². The highest BCUT2D eigenvalue weighted by molar-refractivity contribution is 5.76. The van der Waals surface area contributed by atoms with E-state index in [1.54, 1.807) is 17.0 Å². The van der Waals surface area contributed by atoms with Crippen molar-refractivity contribution < 1.29 is 13.9 Å². The lowest BCUT2D eigenvalue weighted by Crippen LogP contribution is -2.31. The molecule has 0 spiro atoms. The Kier molecular flexibility index (Phi) is 6.45. The zero-order chi connectivity index (χ0) is 15.1. The molecule has 0 aromatic heterocycles. The molecular formula is C15H23FN2O2. The summed E-state index contributed by atoms with van der Waals surface area (Å²) in [6, 6.07) is 4.75. The van der Waals surface area contributed by atoms with E-state index in [0.29, 0.717) is 25.9 Å². The van der Waals surface area contributed by atoms with Gasteiger partial charge in [-0.3, -0.25) is 4.79 Å². The van der Waals surface area contributed by atoms with E-state index in [-0.39, 0.29) is 17.7 Å². The average molecular weight is 282 g/mol. The number of carbonyl (C=O) groups excluding carboxylic acids is 1. The molecule has 5 heteroatoms. The van der Waals surface area contributed by atoms with E-state index in [9.17, 15) is 9.18 Å². The molecule has 0 radical (unpaired) electrons. The predicted molar refractivity (Wildman–Crippen MR) is 76.9 cm³/mol. The largest absolute Gasteiger partial charge is 0.494 e. The summed E-state index contributed by atoms with van der Waals surface area (Å²) >= 11 is 0. The third-order valence-corrected chi connectivity index (χ3v) is 3.14. The van der Waals surface area contributed by atoms with Crippen molar-refractivity contribution in [3.63, 3.8) is 0 Å². The second-order valence-electron chi connectivity index (χ2n) is 4.89. The van der Waals surface area contributed by atoms with E-state index >= 15 is 0 Å². The molecule has 1 amide bonds. The Morgan fingerprint density at radius 2 is 2.20 bits per heavy atom. The molecule has 0 fully saturated rings. The summed E-state index contributed by atoms with van der Waals surface area (Å²) in [4.78, 5) is 13.7. The third-order valence-electron chi connectivity index (χ3n) is 3.14. The summed E-state index contributed by atoms with van der Waals surface area (Å²) in [7, 11) is 1.42.